The van der Waals surface area contributed by atoms with E-state index in [2.05, 4.69) is 25.4 Å². The number of rotatable bonds is 5. The number of imidazole rings is 1. The van der Waals surface area contributed by atoms with E-state index in [-0.39, 0.29) is 5.91 Å². The Morgan fingerprint density at radius 2 is 1.91 bits per heavy atom. The van der Waals surface area contributed by atoms with Crippen LogP contribution in [0.5, 0.6) is 0 Å². The van der Waals surface area contributed by atoms with Crippen molar-refractivity contribution in [3.63, 3.8) is 0 Å². The number of halogens is 1. The van der Waals surface area contributed by atoms with E-state index in [0.717, 1.165) is 27.9 Å². The van der Waals surface area contributed by atoms with Crippen molar-refractivity contribution < 1.29 is 4.79 Å². The van der Waals surface area contributed by atoms with E-state index in [1.54, 1.807) is 36.2 Å². The van der Waals surface area contributed by atoms with Crippen LogP contribution >= 0.6 is 11.6 Å². The highest BCUT2D eigenvalue weighted by atomic mass is 35.5. The first-order chi connectivity index (χ1) is 16.4. The first-order valence-electron chi connectivity index (χ1n) is 10.5. The Balaban J connectivity index is 1.39. The number of pyridine rings is 1. The van der Waals surface area contributed by atoms with Gasteiger partial charge in [-0.2, -0.15) is 5.10 Å². The van der Waals surface area contributed by atoms with Crippen LogP contribution in [0.1, 0.15) is 27.2 Å². The van der Waals surface area contributed by atoms with Gasteiger partial charge < -0.3 is 15.6 Å². The fourth-order valence-corrected chi connectivity index (χ4v) is 3.98. The van der Waals surface area contributed by atoms with Crippen LogP contribution in [0.25, 0.3) is 16.8 Å². The number of aryl methyl sites for hydroxylation is 2. The molecule has 5 aromatic rings. The van der Waals surface area contributed by atoms with Gasteiger partial charge in [-0.1, -0.05) is 23.7 Å². The van der Waals surface area contributed by atoms with E-state index in [9.17, 15) is 4.79 Å². The molecule has 9 nitrogen and oxygen atoms in total. The number of hydrogen-bond acceptors (Lipinski definition) is 6. The Morgan fingerprint density at radius 1 is 1.12 bits per heavy atom. The summed E-state index contributed by atoms with van der Waals surface area (Å²) in [5, 5.41) is 7.87. The molecule has 5 rings (SSSR count). The fraction of sp³-hybridized carbons (Fsp3) is 0.125. The highest BCUT2D eigenvalue weighted by Gasteiger charge is 2.17. The van der Waals surface area contributed by atoms with Crippen molar-refractivity contribution in [2.45, 2.75) is 20.4 Å². The first kappa shape index (κ1) is 21.6. The molecule has 0 aliphatic heterocycles. The number of benzene rings is 1. The summed E-state index contributed by atoms with van der Waals surface area (Å²) in [7, 11) is 0. The summed E-state index contributed by atoms with van der Waals surface area (Å²) in [4.78, 5) is 25.9. The number of carbonyl (C=O) groups excluding carboxylic acids is 1. The van der Waals surface area contributed by atoms with Crippen LogP contribution in [0.15, 0.2) is 61.4 Å². The van der Waals surface area contributed by atoms with Crippen LogP contribution < -0.4 is 11.1 Å². The Kier molecular flexibility index (Phi) is 5.46. The minimum Gasteiger partial charge on any atom is -0.382 e. The Hall–Kier alpha value is -4.24. The van der Waals surface area contributed by atoms with Crippen molar-refractivity contribution >= 4 is 34.7 Å². The van der Waals surface area contributed by atoms with Gasteiger partial charge in [0.25, 0.3) is 5.91 Å². The van der Waals surface area contributed by atoms with Gasteiger partial charge in [-0.25, -0.2) is 14.5 Å². The third-order valence-corrected chi connectivity index (χ3v) is 5.81. The van der Waals surface area contributed by atoms with E-state index in [0.29, 0.717) is 34.5 Å². The molecule has 10 heteroatoms. The molecule has 170 valence electrons. The van der Waals surface area contributed by atoms with Crippen LogP contribution in [0.2, 0.25) is 5.02 Å². The zero-order valence-electron chi connectivity index (χ0n) is 18.5. The molecule has 0 atom stereocenters. The van der Waals surface area contributed by atoms with E-state index in [1.165, 1.54) is 6.33 Å². The number of carbonyl (C=O) groups is 1. The summed E-state index contributed by atoms with van der Waals surface area (Å²) < 4.78 is 3.60. The van der Waals surface area contributed by atoms with Gasteiger partial charge in [-0.15, -0.1) is 0 Å². The number of aromatic nitrogens is 6. The zero-order chi connectivity index (χ0) is 23.8. The summed E-state index contributed by atoms with van der Waals surface area (Å²) in [6.45, 7) is 4.34. The molecule has 0 spiro atoms. The lowest BCUT2D eigenvalue weighted by atomic mass is 10.1. The third kappa shape index (κ3) is 4.08. The van der Waals surface area contributed by atoms with Crippen molar-refractivity contribution in [3.8, 4) is 11.3 Å². The van der Waals surface area contributed by atoms with E-state index in [4.69, 9.17) is 17.3 Å². The average molecular weight is 473 g/mol. The van der Waals surface area contributed by atoms with Crippen LogP contribution in [0.3, 0.4) is 0 Å². The van der Waals surface area contributed by atoms with Crippen molar-refractivity contribution in [3.05, 3.63) is 88.9 Å². The molecular formula is C24H21ClN8O. The monoisotopic (exact) mass is 472 g/mol. The quantitative estimate of drug-likeness (QED) is 0.397. The van der Waals surface area contributed by atoms with Crippen molar-refractivity contribution in [1.82, 2.24) is 29.1 Å². The second-order valence-electron chi connectivity index (χ2n) is 7.99. The zero-order valence-corrected chi connectivity index (χ0v) is 19.3. The highest BCUT2D eigenvalue weighted by Crippen LogP contribution is 2.28. The van der Waals surface area contributed by atoms with Crippen molar-refractivity contribution in [1.29, 1.82) is 0 Å². The van der Waals surface area contributed by atoms with Crippen LogP contribution in [-0.2, 0) is 6.54 Å². The molecule has 0 aliphatic carbocycles. The van der Waals surface area contributed by atoms with Crippen LogP contribution in [0.4, 0.5) is 11.6 Å². The standard InChI is InChI=1S/C24H21ClN8O/c1-14-7-20(33-22(14)23(26)28-12-30-33)17-8-19(15(2)27-9-17)24(34)31-21-11-32(13-29-21)10-16-3-5-18(25)6-4-16/h3-9,11-13H,10H2,1-2H3,(H,31,34)(H2,26,28,30). The van der Waals surface area contributed by atoms with Gasteiger partial charge in [-0.3, -0.25) is 9.78 Å². The number of nitrogens with two attached hydrogens (primary N) is 1. The number of nitrogens with one attached hydrogen (secondary N) is 1. The number of amides is 1. The lowest BCUT2D eigenvalue weighted by Gasteiger charge is -2.08. The maximum absolute atomic E-state index is 13.1. The van der Waals surface area contributed by atoms with Gasteiger partial charge in [0.15, 0.2) is 11.6 Å². The Morgan fingerprint density at radius 3 is 2.71 bits per heavy atom. The molecule has 1 amide bonds. The smallest absolute Gasteiger partial charge is 0.258 e. The molecule has 4 heterocycles. The first-order valence-corrected chi connectivity index (χ1v) is 10.9. The number of nitrogens with zero attached hydrogens (tertiary/aromatic N) is 6. The predicted molar refractivity (Wildman–Crippen MR) is 131 cm³/mol. The van der Waals surface area contributed by atoms with Crippen molar-refractivity contribution in [2.24, 2.45) is 0 Å². The summed E-state index contributed by atoms with van der Waals surface area (Å²) >= 11 is 5.95. The van der Waals surface area contributed by atoms with E-state index >= 15 is 0 Å². The highest BCUT2D eigenvalue weighted by molar-refractivity contribution is 6.30. The summed E-state index contributed by atoms with van der Waals surface area (Å²) in [5.41, 5.74) is 11.3. The van der Waals surface area contributed by atoms with Gasteiger partial charge in [-0.05, 0) is 49.2 Å². The molecule has 0 saturated heterocycles. The fourth-order valence-electron chi connectivity index (χ4n) is 3.86. The molecule has 0 unspecified atom stereocenters. The summed E-state index contributed by atoms with van der Waals surface area (Å²) in [6, 6.07) is 11.3. The molecule has 34 heavy (non-hydrogen) atoms. The van der Waals surface area contributed by atoms with E-state index in [1.807, 2.05) is 41.8 Å². The number of fused-ring (bicyclic) bond motifs is 1. The lowest BCUT2D eigenvalue weighted by Crippen LogP contribution is -2.14. The molecule has 4 aromatic heterocycles. The molecule has 0 radical (unpaired) electrons. The minimum absolute atomic E-state index is 0.296. The predicted octanol–water partition coefficient (Wildman–Crippen LogP) is 4.14. The van der Waals surface area contributed by atoms with Gasteiger partial charge in [0.1, 0.15) is 11.8 Å². The lowest BCUT2D eigenvalue weighted by molar-refractivity contribution is 0.102. The Bertz CT molecular complexity index is 1520. The maximum Gasteiger partial charge on any atom is 0.258 e. The molecule has 0 fully saturated rings. The van der Waals surface area contributed by atoms with Crippen LogP contribution in [0, 0.1) is 13.8 Å². The molecule has 0 bridgehead atoms. The number of hydrogen-bond donors (Lipinski definition) is 2. The third-order valence-electron chi connectivity index (χ3n) is 5.55. The minimum atomic E-state index is -0.296. The second-order valence-corrected chi connectivity index (χ2v) is 8.42. The molecule has 0 aliphatic rings. The second kappa shape index (κ2) is 8.60. The van der Waals surface area contributed by atoms with Gasteiger partial charge in [0.05, 0.1) is 23.3 Å². The average Bonchev–Trinajstić information content (AvgIpc) is 3.40. The number of nitrogen functional groups attached to an aromatic ring is 1. The topological polar surface area (TPSA) is 116 Å². The van der Waals surface area contributed by atoms with Gasteiger partial charge in [0, 0.05) is 29.5 Å². The normalized spacial score (nSPS) is 11.1. The molecular weight excluding hydrogens is 452 g/mol. The number of anilines is 2. The Labute approximate surface area is 200 Å². The summed E-state index contributed by atoms with van der Waals surface area (Å²) in [6.07, 6.45) is 6.57. The molecule has 0 saturated carbocycles. The van der Waals surface area contributed by atoms with Gasteiger partial charge >= 0.3 is 0 Å². The molecule has 3 N–H and O–H groups in total. The van der Waals surface area contributed by atoms with Crippen LogP contribution in [-0.4, -0.2) is 35.0 Å². The maximum atomic E-state index is 13.1. The summed E-state index contributed by atoms with van der Waals surface area (Å²) in [5.74, 6) is 0.551. The SMILES string of the molecule is Cc1ncc(-c2cc(C)c3c(N)ncnn23)cc1C(=O)Nc1cn(Cc2ccc(Cl)cc2)cn1. The molecule has 1 aromatic carbocycles. The van der Waals surface area contributed by atoms with E-state index < -0.39 is 0 Å². The van der Waals surface area contributed by atoms with Gasteiger partial charge in [0.2, 0.25) is 0 Å². The largest absolute Gasteiger partial charge is 0.382 e. The van der Waals surface area contributed by atoms with Crippen molar-refractivity contribution in [2.75, 3.05) is 11.1 Å².